The number of aromatic nitrogens is 3. The molecule has 2 aromatic heterocycles. The van der Waals surface area contributed by atoms with Crippen molar-refractivity contribution in [2.45, 2.75) is 19.5 Å². The summed E-state index contributed by atoms with van der Waals surface area (Å²) in [5, 5.41) is 6.57. The van der Waals surface area contributed by atoms with Crippen LogP contribution in [0.1, 0.15) is 17.0 Å². The van der Waals surface area contributed by atoms with Crippen molar-refractivity contribution in [1.82, 2.24) is 14.6 Å². The molecule has 1 N–H and O–H groups in total. The van der Waals surface area contributed by atoms with E-state index in [1.807, 2.05) is 0 Å². The van der Waals surface area contributed by atoms with Crippen LogP contribution in [0.5, 0.6) is 0 Å². The molecule has 0 atom stereocenters. The Labute approximate surface area is 173 Å². The zero-order chi connectivity index (χ0) is 21.5. The summed E-state index contributed by atoms with van der Waals surface area (Å²) in [4.78, 5) is 16.3. The number of rotatable bonds is 4. The van der Waals surface area contributed by atoms with Crippen LogP contribution >= 0.6 is 11.6 Å². The largest absolute Gasteiger partial charge is 0.417 e. The van der Waals surface area contributed by atoms with E-state index in [0.29, 0.717) is 28.7 Å². The lowest BCUT2D eigenvalue weighted by Gasteiger charge is -2.11. The topological polar surface area (TPSA) is 72.4 Å². The van der Waals surface area contributed by atoms with Crippen molar-refractivity contribution < 1.29 is 22.4 Å². The van der Waals surface area contributed by atoms with Crippen LogP contribution in [0.2, 0.25) is 5.02 Å². The van der Waals surface area contributed by atoms with Gasteiger partial charge in [-0.05, 0) is 48.9 Å². The number of fused-ring (bicyclic) bond motifs is 1. The quantitative estimate of drug-likeness (QED) is 0.482. The molecule has 0 aliphatic rings. The standard InChI is InChI=1S/C20H14ClF3N4O2/c1-11-25-10-18-28(11)27-19(30-18)13-3-5-14(6-4-13)26-17(29)9-12-2-7-16(21)15(8-12)20(22,23)24/h2-8,10H,9H2,1H3,(H,26,29). The molecule has 154 valence electrons. The fourth-order valence-electron chi connectivity index (χ4n) is 2.92. The molecule has 4 rings (SSSR count). The van der Waals surface area contributed by atoms with Crippen molar-refractivity contribution >= 4 is 28.9 Å². The number of alkyl halides is 3. The van der Waals surface area contributed by atoms with Crippen LogP contribution in [0.4, 0.5) is 18.9 Å². The number of imidazole rings is 1. The van der Waals surface area contributed by atoms with Crippen molar-refractivity contribution in [2.75, 3.05) is 5.32 Å². The molecule has 0 aliphatic carbocycles. The van der Waals surface area contributed by atoms with Crippen molar-refractivity contribution in [3.8, 4) is 11.5 Å². The zero-order valence-electron chi connectivity index (χ0n) is 15.5. The van der Waals surface area contributed by atoms with Crippen LogP contribution in [0.25, 0.3) is 17.2 Å². The van der Waals surface area contributed by atoms with Gasteiger partial charge in [0.25, 0.3) is 0 Å². The molecule has 6 nitrogen and oxygen atoms in total. The molecule has 30 heavy (non-hydrogen) atoms. The number of amides is 1. The van der Waals surface area contributed by atoms with Gasteiger partial charge in [0.15, 0.2) is 0 Å². The molecule has 10 heteroatoms. The maximum atomic E-state index is 13.0. The number of hydrogen-bond donors (Lipinski definition) is 1. The molecular weight excluding hydrogens is 421 g/mol. The summed E-state index contributed by atoms with van der Waals surface area (Å²) in [5.74, 6) is 0.638. The predicted octanol–water partition coefficient (Wildman–Crippen LogP) is 5.15. The van der Waals surface area contributed by atoms with Gasteiger partial charge in [0.1, 0.15) is 5.82 Å². The van der Waals surface area contributed by atoms with E-state index in [-0.39, 0.29) is 12.0 Å². The lowest BCUT2D eigenvalue weighted by atomic mass is 10.1. The molecule has 2 aromatic carbocycles. The first kappa shape index (κ1) is 20.0. The summed E-state index contributed by atoms with van der Waals surface area (Å²) in [6.07, 6.45) is -3.24. The van der Waals surface area contributed by atoms with Gasteiger partial charge in [0.2, 0.25) is 17.5 Å². The molecule has 0 aliphatic heterocycles. The molecule has 0 unspecified atom stereocenters. The molecule has 1 amide bonds. The zero-order valence-corrected chi connectivity index (χ0v) is 16.3. The summed E-state index contributed by atoms with van der Waals surface area (Å²) in [5.41, 5.74) is 0.946. The fraction of sp³-hybridized carbons (Fsp3) is 0.150. The molecule has 0 radical (unpaired) electrons. The van der Waals surface area contributed by atoms with E-state index in [2.05, 4.69) is 15.4 Å². The number of nitrogens with one attached hydrogen (secondary N) is 1. The molecule has 0 bridgehead atoms. The van der Waals surface area contributed by atoms with Gasteiger partial charge in [0, 0.05) is 11.3 Å². The summed E-state index contributed by atoms with van der Waals surface area (Å²) in [7, 11) is 0. The maximum absolute atomic E-state index is 13.0. The van der Waals surface area contributed by atoms with Crippen LogP contribution in [-0.4, -0.2) is 20.5 Å². The van der Waals surface area contributed by atoms with Gasteiger partial charge in [0.05, 0.1) is 23.2 Å². The number of hydrogen-bond acceptors (Lipinski definition) is 4. The van der Waals surface area contributed by atoms with E-state index in [4.69, 9.17) is 16.0 Å². The van der Waals surface area contributed by atoms with E-state index in [1.165, 1.54) is 6.07 Å². The molecule has 0 saturated carbocycles. The Morgan fingerprint density at radius 1 is 1.20 bits per heavy atom. The second-order valence-corrected chi connectivity index (χ2v) is 6.98. The van der Waals surface area contributed by atoms with E-state index >= 15 is 0 Å². The second kappa shape index (κ2) is 7.49. The Balaban J connectivity index is 1.45. The van der Waals surface area contributed by atoms with Gasteiger partial charge >= 0.3 is 6.18 Å². The third-order valence-electron chi connectivity index (χ3n) is 4.39. The van der Waals surface area contributed by atoms with Crippen LogP contribution in [0.15, 0.2) is 53.1 Å². The number of nitrogens with zero attached hydrogens (tertiary/aromatic N) is 3. The Hall–Kier alpha value is -3.33. The number of anilines is 1. The van der Waals surface area contributed by atoms with Crippen LogP contribution in [0.3, 0.4) is 0 Å². The van der Waals surface area contributed by atoms with Gasteiger partial charge in [-0.2, -0.15) is 17.7 Å². The van der Waals surface area contributed by atoms with Gasteiger partial charge < -0.3 is 9.73 Å². The Morgan fingerprint density at radius 2 is 1.93 bits per heavy atom. The van der Waals surface area contributed by atoms with Crippen molar-refractivity contribution in [3.63, 3.8) is 0 Å². The number of carbonyl (C=O) groups is 1. The molecule has 0 spiro atoms. The number of halogens is 4. The van der Waals surface area contributed by atoms with Gasteiger partial charge in [-0.3, -0.25) is 4.79 Å². The molecule has 0 fully saturated rings. The lowest BCUT2D eigenvalue weighted by molar-refractivity contribution is -0.137. The minimum Gasteiger partial charge on any atom is -0.417 e. The molecule has 4 aromatic rings. The molecular formula is C20H14ClF3N4O2. The third kappa shape index (κ3) is 4.02. The minimum absolute atomic E-state index is 0.209. The van der Waals surface area contributed by atoms with Crippen LogP contribution in [0, 0.1) is 6.92 Å². The highest BCUT2D eigenvalue weighted by molar-refractivity contribution is 6.31. The van der Waals surface area contributed by atoms with Crippen LogP contribution in [-0.2, 0) is 17.4 Å². The summed E-state index contributed by atoms with van der Waals surface area (Å²) >= 11 is 5.60. The first-order chi connectivity index (χ1) is 14.2. The van der Waals surface area contributed by atoms with Crippen molar-refractivity contribution in [1.29, 1.82) is 0 Å². The average Bonchev–Trinajstić information content (AvgIpc) is 3.25. The summed E-state index contributed by atoms with van der Waals surface area (Å²) < 4.78 is 46.1. The van der Waals surface area contributed by atoms with Crippen molar-refractivity contribution in [2.24, 2.45) is 0 Å². The SMILES string of the molecule is Cc1ncc2oc(-c3ccc(NC(=O)Cc4ccc(Cl)c(C(F)(F)F)c4)cc3)nn12. The Kier molecular flexibility index (Phi) is 4.98. The number of carbonyl (C=O) groups excluding carboxylic acids is 1. The maximum Gasteiger partial charge on any atom is 0.417 e. The van der Waals surface area contributed by atoms with E-state index in [1.54, 1.807) is 41.9 Å². The summed E-state index contributed by atoms with van der Waals surface area (Å²) in [6, 6.07) is 10.1. The highest BCUT2D eigenvalue weighted by Gasteiger charge is 2.33. The first-order valence-corrected chi connectivity index (χ1v) is 9.15. The van der Waals surface area contributed by atoms with Gasteiger partial charge in [-0.15, -0.1) is 5.10 Å². The highest BCUT2D eigenvalue weighted by atomic mass is 35.5. The fourth-order valence-corrected chi connectivity index (χ4v) is 3.15. The van der Waals surface area contributed by atoms with Gasteiger partial charge in [-0.25, -0.2) is 4.98 Å². The van der Waals surface area contributed by atoms with Crippen LogP contribution < -0.4 is 5.32 Å². The molecule has 2 heterocycles. The molecule has 0 saturated heterocycles. The van der Waals surface area contributed by atoms with Crippen molar-refractivity contribution in [3.05, 3.63) is 70.6 Å². The Morgan fingerprint density at radius 3 is 2.60 bits per heavy atom. The second-order valence-electron chi connectivity index (χ2n) is 6.58. The third-order valence-corrected chi connectivity index (χ3v) is 4.72. The van der Waals surface area contributed by atoms with Gasteiger partial charge in [-0.1, -0.05) is 17.7 Å². The smallest absolute Gasteiger partial charge is 0.417 e. The lowest BCUT2D eigenvalue weighted by Crippen LogP contribution is -2.15. The highest BCUT2D eigenvalue weighted by Crippen LogP contribution is 2.35. The number of aryl methyl sites for hydroxylation is 1. The Bertz CT molecular complexity index is 1230. The van der Waals surface area contributed by atoms with E-state index < -0.39 is 22.7 Å². The predicted molar refractivity (Wildman–Crippen MR) is 104 cm³/mol. The average molecular weight is 435 g/mol. The number of benzene rings is 2. The van der Waals surface area contributed by atoms with E-state index in [9.17, 15) is 18.0 Å². The summed E-state index contributed by atoms with van der Waals surface area (Å²) in [6.45, 7) is 1.80. The van der Waals surface area contributed by atoms with E-state index in [0.717, 1.165) is 12.1 Å². The monoisotopic (exact) mass is 434 g/mol. The normalized spacial score (nSPS) is 11.8. The minimum atomic E-state index is -4.58. The first-order valence-electron chi connectivity index (χ1n) is 8.78.